The molecular formula is C26H43FN4O4. The highest BCUT2D eigenvalue weighted by atomic mass is 19.1. The molecule has 1 rings (SSSR count). The number of carbonyl (C=O) groups is 3. The first-order valence-electron chi connectivity index (χ1n) is 12.2. The minimum Gasteiger partial charge on any atom is -0.389 e. The summed E-state index contributed by atoms with van der Waals surface area (Å²) in [5, 5.41) is 16.9. The lowest BCUT2D eigenvalue weighted by Crippen LogP contribution is -2.55. The zero-order valence-corrected chi connectivity index (χ0v) is 22.1. The van der Waals surface area contributed by atoms with Gasteiger partial charge in [-0.2, -0.15) is 0 Å². The van der Waals surface area contributed by atoms with Gasteiger partial charge in [0.25, 0.3) is 0 Å². The summed E-state index contributed by atoms with van der Waals surface area (Å²) >= 11 is 0. The molecule has 1 aromatic carbocycles. The number of aliphatic hydroxyl groups excluding tert-OH is 1. The maximum Gasteiger partial charge on any atom is 0.317 e. The van der Waals surface area contributed by atoms with Gasteiger partial charge in [0.2, 0.25) is 11.8 Å². The second kappa shape index (κ2) is 13.4. The van der Waals surface area contributed by atoms with E-state index in [0.29, 0.717) is 18.0 Å². The third-order valence-corrected chi connectivity index (χ3v) is 5.93. The van der Waals surface area contributed by atoms with Gasteiger partial charge in [-0.1, -0.05) is 39.8 Å². The fourth-order valence-corrected chi connectivity index (χ4v) is 3.39. The molecule has 5 N–H and O–H groups in total. The van der Waals surface area contributed by atoms with Crippen LogP contribution in [0.15, 0.2) is 24.3 Å². The molecule has 8 nitrogen and oxygen atoms in total. The molecule has 0 aromatic heterocycles. The Morgan fingerprint density at radius 2 is 1.63 bits per heavy atom. The van der Waals surface area contributed by atoms with Gasteiger partial charge in [0.15, 0.2) is 0 Å². The van der Waals surface area contributed by atoms with Crippen LogP contribution in [0.4, 0.5) is 9.18 Å². The van der Waals surface area contributed by atoms with Crippen molar-refractivity contribution in [2.24, 2.45) is 23.5 Å². The summed E-state index contributed by atoms with van der Waals surface area (Å²) in [6.07, 6.45) is -0.158. The lowest BCUT2D eigenvalue weighted by atomic mass is 9.93. The van der Waals surface area contributed by atoms with E-state index in [1.807, 2.05) is 20.8 Å². The van der Waals surface area contributed by atoms with E-state index in [0.717, 1.165) is 6.42 Å². The van der Waals surface area contributed by atoms with Crippen molar-refractivity contribution in [3.8, 4) is 0 Å². The Bertz CT molecular complexity index is 839. The van der Waals surface area contributed by atoms with Gasteiger partial charge in [0.1, 0.15) is 5.82 Å². The van der Waals surface area contributed by atoms with Crippen molar-refractivity contribution < 1.29 is 23.9 Å². The first-order valence-corrected chi connectivity index (χ1v) is 12.2. The molecule has 0 radical (unpaired) electrons. The Morgan fingerprint density at radius 3 is 2.11 bits per heavy atom. The Labute approximate surface area is 208 Å². The van der Waals surface area contributed by atoms with E-state index in [4.69, 9.17) is 5.73 Å². The molecule has 0 bridgehead atoms. The molecule has 0 heterocycles. The first-order chi connectivity index (χ1) is 16.1. The van der Waals surface area contributed by atoms with Gasteiger partial charge in [-0.25, -0.2) is 9.18 Å². The molecule has 0 aliphatic rings. The number of urea groups is 1. The molecule has 1 aromatic rings. The second-order valence-corrected chi connectivity index (χ2v) is 10.8. The summed E-state index contributed by atoms with van der Waals surface area (Å²) in [6.45, 7) is 13.3. The number of aliphatic hydroxyl groups is 1. The standard InChI is InChI=1S/C26H43FN4O4/c1-16(2)12-13-31(25(35)30-26(5,6)7)15-22(32)21(14-19-8-10-20(27)11-9-19)29-24(34)18(4)17(3)23(28)33/h8-11,16-18,21-22,32H,12-15H2,1-7H3,(H2,28,33)(H,29,34)(H,30,35)/t17?,18-,21-,22?/m0/s1. The molecule has 0 aliphatic heterocycles. The van der Waals surface area contributed by atoms with Crippen LogP contribution in [0.3, 0.4) is 0 Å². The van der Waals surface area contributed by atoms with E-state index in [-0.39, 0.29) is 19.0 Å². The largest absolute Gasteiger partial charge is 0.389 e. The Morgan fingerprint density at radius 1 is 1.06 bits per heavy atom. The number of halogens is 1. The highest BCUT2D eigenvalue weighted by Gasteiger charge is 2.31. The number of nitrogens with zero attached hydrogens (tertiary/aromatic N) is 1. The van der Waals surface area contributed by atoms with Crippen LogP contribution >= 0.6 is 0 Å². The number of hydrogen-bond donors (Lipinski definition) is 4. The molecule has 198 valence electrons. The van der Waals surface area contributed by atoms with Crippen molar-refractivity contribution >= 4 is 17.8 Å². The van der Waals surface area contributed by atoms with Gasteiger partial charge >= 0.3 is 6.03 Å². The van der Waals surface area contributed by atoms with Crippen molar-refractivity contribution in [2.75, 3.05) is 13.1 Å². The van der Waals surface area contributed by atoms with E-state index in [2.05, 4.69) is 24.5 Å². The predicted molar refractivity (Wildman–Crippen MR) is 135 cm³/mol. The number of nitrogens with one attached hydrogen (secondary N) is 2. The van der Waals surface area contributed by atoms with Gasteiger partial charge in [0, 0.05) is 23.9 Å². The lowest BCUT2D eigenvalue weighted by Gasteiger charge is -2.33. The Hall–Kier alpha value is -2.68. The van der Waals surface area contributed by atoms with E-state index in [1.165, 1.54) is 12.1 Å². The molecule has 2 unspecified atom stereocenters. The molecule has 0 spiro atoms. The second-order valence-electron chi connectivity index (χ2n) is 10.8. The van der Waals surface area contributed by atoms with Gasteiger partial charge < -0.3 is 26.4 Å². The SMILES string of the molecule is CC(C)CCN(CC(O)[C@H](Cc1ccc(F)cc1)NC(=O)[C@@H](C)C(C)C(N)=O)C(=O)NC(C)(C)C. The molecule has 35 heavy (non-hydrogen) atoms. The third kappa shape index (κ3) is 11.1. The van der Waals surface area contributed by atoms with E-state index in [9.17, 15) is 23.9 Å². The summed E-state index contributed by atoms with van der Waals surface area (Å²) in [5.41, 5.74) is 5.60. The quantitative estimate of drug-likeness (QED) is 0.357. The van der Waals surface area contributed by atoms with Crippen molar-refractivity contribution in [3.05, 3.63) is 35.6 Å². The summed E-state index contributed by atoms with van der Waals surface area (Å²) < 4.78 is 13.4. The minimum absolute atomic E-state index is 0.0134. The smallest absolute Gasteiger partial charge is 0.317 e. The highest BCUT2D eigenvalue weighted by molar-refractivity contribution is 5.86. The Kier molecular flexibility index (Phi) is 11.6. The van der Waals surface area contributed by atoms with Crippen LogP contribution in [0.25, 0.3) is 0 Å². The number of primary amides is 1. The third-order valence-electron chi connectivity index (χ3n) is 5.93. The van der Waals surface area contributed by atoms with Crippen LogP contribution in [-0.4, -0.2) is 58.6 Å². The normalized spacial score (nSPS) is 15.1. The van der Waals surface area contributed by atoms with Crippen LogP contribution in [-0.2, 0) is 16.0 Å². The van der Waals surface area contributed by atoms with Crippen molar-refractivity contribution in [2.45, 2.75) is 79.0 Å². The first kappa shape index (κ1) is 30.4. The van der Waals surface area contributed by atoms with Crippen molar-refractivity contribution in [1.82, 2.24) is 15.5 Å². The fourth-order valence-electron chi connectivity index (χ4n) is 3.39. The molecule has 9 heteroatoms. The monoisotopic (exact) mass is 494 g/mol. The highest BCUT2D eigenvalue weighted by Crippen LogP contribution is 2.15. The predicted octanol–water partition coefficient (Wildman–Crippen LogP) is 2.83. The average Bonchev–Trinajstić information content (AvgIpc) is 2.74. The van der Waals surface area contributed by atoms with Crippen LogP contribution in [0.1, 0.15) is 60.5 Å². The van der Waals surface area contributed by atoms with Gasteiger partial charge in [-0.15, -0.1) is 0 Å². The van der Waals surface area contributed by atoms with Gasteiger partial charge in [-0.05, 0) is 57.2 Å². The molecule has 4 amide bonds. The van der Waals surface area contributed by atoms with Crippen LogP contribution < -0.4 is 16.4 Å². The maximum absolute atomic E-state index is 13.4. The fraction of sp³-hybridized carbons (Fsp3) is 0.654. The molecule has 0 fully saturated rings. The molecule has 0 saturated heterocycles. The summed E-state index contributed by atoms with van der Waals surface area (Å²) in [4.78, 5) is 38.9. The van der Waals surface area contributed by atoms with Gasteiger partial charge in [0.05, 0.1) is 18.7 Å². The average molecular weight is 495 g/mol. The number of carbonyl (C=O) groups excluding carboxylic acids is 3. The topological polar surface area (TPSA) is 125 Å². The van der Waals surface area contributed by atoms with E-state index < -0.39 is 47.2 Å². The van der Waals surface area contributed by atoms with Crippen LogP contribution in [0.5, 0.6) is 0 Å². The zero-order chi connectivity index (χ0) is 26.9. The molecule has 0 aliphatic carbocycles. The number of benzene rings is 1. The maximum atomic E-state index is 13.4. The minimum atomic E-state index is -1.11. The summed E-state index contributed by atoms with van der Waals surface area (Å²) in [7, 11) is 0. The molecule has 4 atom stereocenters. The molecule has 0 saturated carbocycles. The molecular weight excluding hydrogens is 451 g/mol. The summed E-state index contributed by atoms with van der Waals surface area (Å²) in [5.74, 6) is -2.48. The number of hydrogen-bond acceptors (Lipinski definition) is 4. The van der Waals surface area contributed by atoms with Gasteiger partial charge in [-0.3, -0.25) is 9.59 Å². The van der Waals surface area contributed by atoms with Crippen molar-refractivity contribution in [1.29, 1.82) is 0 Å². The zero-order valence-electron chi connectivity index (χ0n) is 22.1. The number of nitrogens with two attached hydrogens (primary N) is 1. The van der Waals surface area contributed by atoms with Crippen LogP contribution in [0.2, 0.25) is 0 Å². The van der Waals surface area contributed by atoms with E-state index in [1.54, 1.807) is 30.9 Å². The van der Waals surface area contributed by atoms with Crippen molar-refractivity contribution in [3.63, 3.8) is 0 Å². The Balaban J connectivity index is 3.14. The summed E-state index contributed by atoms with van der Waals surface area (Å²) in [6, 6.07) is 4.70. The number of rotatable bonds is 12. The number of amides is 4. The lowest BCUT2D eigenvalue weighted by molar-refractivity contribution is -0.133. The van der Waals surface area contributed by atoms with E-state index >= 15 is 0 Å². The van der Waals surface area contributed by atoms with Crippen LogP contribution in [0, 0.1) is 23.6 Å².